The monoisotopic (exact) mass is 297 g/mol. The molecular weight excluding hydrogens is 281 g/mol. The van der Waals surface area contributed by atoms with E-state index < -0.39 is 15.8 Å². The van der Waals surface area contributed by atoms with E-state index in [9.17, 15) is 12.8 Å². The molecule has 0 fully saturated rings. The van der Waals surface area contributed by atoms with Gasteiger partial charge in [0.1, 0.15) is 5.82 Å². The summed E-state index contributed by atoms with van der Waals surface area (Å²) in [5.74, 6) is -0.306. The minimum atomic E-state index is -3.57. The number of H-pyrrole nitrogens is 1. The van der Waals surface area contributed by atoms with Gasteiger partial charge < -0.3 is 0 Å². The number of nitrogens with one attached hydrogen (secondary N) is 2. The average Bonchev–Trinajstić information content (AvgIpc) is 2.72. The molecule has 1 aromatic heterocycles. The van der Waals surface area contributed by atoms with Crippen LogP contribution in [-0.2, 0) is 22.2 Å². The van der Waals surface area contributed by atoms with Crippen LogP contribution >= 0.6 is 0 Å². The number of hydrogen-bond donors (Lipinski definition) is 2. The van der Waals surface area contributed by atoms with Crippen LogP contribution in [0.2, 0.25) is 0 Å². The number of benzene rings is 1. The number of rotatable bonds is 5. The summed E-state index contributed by atoms with van der Waals surface area (Å²) < 4.78 is 39.3. The minimum absolute atomic E-state index is 0.221. The van der Waals surface area contributed by atoms with Crippen molar-refractivity contribution >= 4 is 15.8 Å². The Morgan fingerprint density at radius 2 is 1.95 bits per heavy atom. The number of anilines is 1. The summed E-state index contributed by atoms with van der Waals surface area (Å²) in [6.07, 6.45) is 0.749. The van der Waals surface area contributed by atoms with E-state index >= 15 is 0 Å². The third-order valence-corrected chi connectivity index (χ3v) is 4.20. The van der Waals surface area contributed by atoms with Gasteiger partial charge in [-0.2, -0.15) is 5.10 Å². The van der Waals surface area contributed by atoms with Gasteiger partial charge >= 0.3 is 0 Å². The lowest BCUT2D eigenvalue weighted by Gasteiger charge is -2.06. The Morgan fingerprint density at radius 3 is 2.50 bits per heavy atom. The van der Waals surface area contributed by atoms with E-state index in [2.05, 4.69) is 14.9 Å². The Morgan fingerprint density at radius 1 is 1.30 bits per heavy atom. The van der Waals surface area contributed by atoms with Gasteiger partial charge in [-0.05, 0) is 31.0 Å². The van der Waals surface area contributed by atoms with Gasteiger partial charge in [0.05, 0.1) is 5.75 Å². The Kier molecular flexibility index (Phi) is 4.08. The molecule has 0 spiro atoms. The van der Waals surface area contributed by atoms with Crippen LogP contribution in [0, 0.1) is 12.7 Å². The largest absolute Gasteiger partial charge is 0.280 e. The number of aromatic nitrogens is 2. The lowest BCUT2D eigenvalue weighted by molar-refractivity contribution is 0.599. The zero-order valence-electron chi connectivity index (χ0n) is 11.3. The van der Waals surface area contributed by atoms with Gasteiger partial charge in [-0.25, -0.2) is 12.8 Å². The molecule has 1 heterocycles. The molecule has 2 rings (SSSR count). The van der Waals surface area contributed by atoms with Crippen LogP contribution < -0.4 is 4.72 Å². The van der Waals surface area contributed by atoms with Crippen LogP contribution in [-0.4, -0.2) is 18.6 Å². The van der Waals surface area contributed by atoms with Gasteiger partial charge in [0.2, 0.25) is 10.0 Å². The van der Waals surface area contributed by atoms with Crippen molar-refractivity contribution < 1.29 is 12.8 Å². The molecule has 0 unspecified atom stereocenters. The second-order valence-electron chi connectivity index (χ2n) is 4.52. The van der Waals surface area contributed by atoms with E-state index in [0.29, 0.717) is 11.4 Å². The molecule has 20 heavy (non-hydrogen) atoms. The van der Waals surface area contributed by atoms with Crippen molar-refractivity contribution in [1.82, 2.24) is 10.2 Å². The van der Waals surface area contributed by atoms with Crippen molar-refractivity contribution in [2.75, 3.05) is 4.72 Å². The quantitative estimate of drug-likeness (QED) is 0.889. The molecule has 0 bridgehead atoms. The summed E-state index contributed by atoms with van der Waals surface area (Å²) in [5.41, 5.74) is 2.20. The summed E-state index contributed by atoms with van der Waals surface area (Å²) in [5, 5.41) is 6.74. The molecule has 7 heteroatoms. The fraction of sp³-hybridized carbons (Fsp3) is 0.308. The third kappa shape index (κ3) is 3.36. The van der Waals surface area contributed by atoms with Crippen molar-refractivity contribution in [2.24, 2.45) is 0 Å². The zero-order chi connectivity index (χ0) is 14.8. The van der Waals surface area contributed by atoms with Crippen LogP contribution in [0.25, 0.3) is 0 Å². The maximum atomic E-state index is 12.8. The lowest BCUT2D eigenvalue weighted by Crippen LogP contribution is -2.16. The fourth-order valence-corrected chi connectivity index (χ4v) is 3.06. The first-order chi connectivity index (χ1) is 9.41. The number of hydrogen-bond acceptors (Lipinski definition) is 3. The van der Waals surface area contributed by atoms with Gasteiger partial charge in [0.25, 0.3) is 0 Å². The summed E-state index contributed by atoms with van der Waals surface area (Å²) in [6.45, 7) is 3.76. The van der Waals surface area contributed by atoms with E-state index in [1.807, 2.05) is 6.92 Å². The highest BCUT2D eigenvalue weighted by molar-refractivity contribution is 7.91. The normalized spacial score (nSPS) is 11.6. The first kappa shape index (κ1) is 14.5. The fourth-order valence-electron chi connectivity index (χ4n) is 1.86. The van der Waals surface area contributed by atoms with Crippen LogP contribution in [0.5, 0.6) is 0 Å². The van der Waals surface area contributed by atoms with Crippen LogP contribution in [0.3, 0.4) is 0 Å². The second kappa shape index (κ2) is 5.62. The predicted molar refractivity (Wildman–Crippen MR) is 75.3 cm³/mol. The van der Waals surface area contributed by atoms with Gasteiger partial charge in [0.15, 0.2) is 5.82 Å². The molecule has 0 saturated carbocycles. The van der Waals surface area contributed by atoms with Gasteiger partial charge in [0, 0.05) is 11.3 Å². The molecule has 5 nitrogen and oxygen atoms in total. The summed E-state index contributed by atoms with van der Waals surface area (Å²) in [6, 6.07) is 5.37. The topological polar surface area (TPSA) is 74.8 Å². The highest BCUT2D eigenvalue weighted by atomic mass is 32.2. The second-order valence-corrected chi connectivity index (χ2v) is 6.24. The van der Waals surface area contributed by atoms with E-state index in [0.717, 1.165) is 17.7 Å². The molecule has 0 radical (unpaired) electrons. The van der Waals surface area contributed by atoms with E-state index in [1.165, 1.54) is 24.3 Å². The molecular formula is C13H16FN3O2S. The first-order valence-corrected chi connectivity index (χ1v) is 7.85. The summed E-state index contributed by atoms with van der Waals surface area (Å²) in [7, 11) is -3.57. The molecule has 2 aromatic rings. The molecule has 0 aliphatic rings. The zero-order valence-corrected chi connectivity index (χ0v) is 12.1. The molecule has 0 amide bonds. The van der Waals surface area contributed by atoms with Gasteiger partial charge in [-0.15, -0.1) is 0 Å². The molecule has 2 N–H and O–H groups in total. The van der Waals surface area contributed by atoms with Crippen LogP contribution in [0.4, 0.5) is 10.2 Å². The Labute approximate surface area is 117 Å². The number of aryl methyl sites for hydroxylation is 1. The third-order valence-electron chi connectivity index (χ3n) is 2.99. The number of nitrogens with zero attached hydrogens (tertiary/aromatic N) is 1. The lowest BCUT2D eigenvalue weighted by atomic mass is 10.2. The average molecular weight is 297 g/mol. The minimum Gasteiger partial charge on any atom is -0.280 e. The SMILES string of the molecule is CCc1[nH]nc(NS(=O)(=O)Cc2ccc(F)cc2)c1C. The van der Waals surface area contributed by atoms with Crippen LogP contribution in [0.1, 0.15) is 23.7 Å². The Bertz CT molecular complexity index is 693. The highest BCUT2D eigenvalue weighted by Gasteiger charge is 2.16. The smallest absolute Gasteiger partial charge is 0.238 e. The van der Waals surface area contributed by atoms with Crippen molar-refractivity contribution in [3.63, 3.8) is 0 Å². The van der Waals surface area contributed by atoms with E-state index in [-0.39, 0.29) is 5.75 Å². The molecule has 1 aromatic carbocycles. The molecule has 0 aliphatic carbocycles. The van der Waals surface area contributed by atoms with Crippen molar-refractivity contribution in [3.05, 3.63) is 46.9 Å². The van der Waals surface area contributed by atoms with E-state index in [1.54, 1.807) is 6.92 Å². The molecule has 0 aliphatic heterocycles. The summed E-state index contributed by atoms with van der Waals surface area (Å²) in [4.78, 5) is 0. The summed E-state index contributed by atoms with van der Waals surface area (Å²) >= 11 is 0. The van der Waals surface area contributed by atoms with E-state index in [4.69, 9.17) is 0 Å². The van der Waals surface area contributed by atoms with Gasteiger partial charge in [-0.3, -0.25) is 9.82 Å². The van der Waals surface area contributed by atoms with Crippen LogP contribution in [0.15, 0.2) is 24.3 Å². The standard InChI is InChI=1S/C13H16FN3O2S/c1-3-12-9(2)13(16-15-12)17-20(18,19)8-10-4-6-11(14)7-5-10/h4-7H,3,8H2,1-2H3,(H2,15,16,17). The van der Waals surface area contributed by atoms with Crippen molar-refractivity contribution in [2.45, 2.75) is 26.0 Å². The first-order valence-electron chi connectivity index (χ1n) is 6.20. The molecule has 108 valence electrons. The molecule has 0 atom stereocenters. The van der Waals surface area contributed by atoms with Crippen molar-refractivity contribution in [1.29, 1.82) is 0 Å². The number of halogens is 1. The number of sulfonamides is 1. The maximum absolute atomic E-state index is 12.8. The Hall–Kier alpha value is -1.89. The molecule has 0 saturated heterocycles. The predicted octanol–water partition coefficient (Wildman–Crippen LogP) is 2.36. The number of aromatic amines is 1. The highest BCUT2D eigenvalue weighted by Crippen LogP contribution is 2.18. The van der Waals surface area contributed by atoms with Gasteiger partial charge in [-0.1, -0.05) is 19.1 Å². The Balaban J connectivity index is 2.14. The maximum Gasteiger partial charge on any atom is 0.238 e. The van der Waals surface area contributed by atoms with Crippen molar-refractivity contribution in [3.8, 4) is 0 Å².